The van der Waals surface area contributed by atoms with E-state index in [1.165, 1.54) is 5.69 Å². The summed E-state index contributed by atoms with van der Waals surface area (Å²) in [7, 11) is 1.93. The van der Waals surface area contributed by atoms with Crippen molar-refractivity contribution in [1.29, 1.82) is 0 Å². The number of aryl methyl sites for hydroxylation is 1. The fourth-order valence-corrected chi connectivity index (χ4v) is 1.93. The van der Waals surface area contributed by atoms with Crippen LogP contribution in [-0.2, 0) is 11.2 Å². The summed E-state index contributed by atoms with van der Waals surface area (Å²) >= 11 is 0. The number of aromatic amines is 1. The average molecular weight is 251 g/mol. The molecule has 0 aliphatic carbocycles. The van der Waals surface area contributed by atoms with Gasteiger partial charge in [-0.2, -0.15) is 0 Å². The molecule has 1 amide bonds. The van der Waals surface area contributed by atoms with Crippen LogP contribution in [0.1, 0.15) is 32.4 Å². The summed E-state index contributed by atoms with van der Waals surface area (Å²) in [5.74, 6) is 0.144. The molecule has 0 bridgehead atoms. The van der Waals surface area contributed by atoms with Crippen molar-refractivity contribution < 1.29 is 4.79 Å². The number of aromatic nitrogens is 1. The summed E-state index contributed by atoms with van der Waals surface area (Å²) in [5.41, 5.74) is 1.29. The molecule has 0 aliphatic rings. The van der Waals surface area contributed by atoms with E-state index < -0.39 is 0 Å². The van der Waals surface area contributed by atoms with Gasteiger partial charge in [-0.3, -0.25) is 4.79 Å². The van der Waals surface area contributed by atoms with E-state index in [9.17, 15) is 4.79 Å². The quantitative estimate of drug-likeness (QED) is 0.658. The maximum Gasteiger partial charge on any atom is 0.220 e. The zero-order chi connectivity index (χ0) is 13.4. The molecule has 0 unspecified atom stereocenters. The minimum atomic E-state index is 0.101. The van der Waals surface area contributed by atoms with Crippen molar-refractivity contribution in [2.75, 3.05) is 20.1 Å². The molecular weight excluding hydrogens is 226 g/mol. The standard InChI is InChI=1S/C14H25N3O/c1-14(2,10-15-3)11-17-13(18)8-4-6-12-7-5-9-16-12/h5,7,9,15-16H,4,6,8,10-11H2,1-3H3,(H,17,18). The molecule has 0 saturated carbocycles. The van der Waals surface area contributed by atoms with Crippen LogP contribution in [0.15, 0.2) is 18.3 Å². The first kappa shape index (κ1) is 14.8. The lowest BCUT2D eigenvalue weighted by Gasteiger charge is -2.24. The number of carbonyl (C=O) groups excluding carboxylic acids is 1. The van der Waals surface area contributed by atoms with E-state index in [-0.39, 0.29) is 11.3 Å². The van der Waals surface area contributed by atoms with Gasteiger partial charge < -0.3 is 15.6 Å². The Morgan fingerprint density at radius 3 is 2.78 bits per heavy atom. The van der Waals surface area contributed by atoms with Gasteiger partial charge >= 0.3 is 0 Å². The molecule has 4 heteroatoms. The zero-order valence-corrected chi connectivity index (χ0v) is 11.7. The predicted molar refractivity (Wildman–Crippen MR) is 74.4 cm³/mol. The van der Waals surface area contributed by atoms with E-state index in [0.29, 0.717) is 6.42 Å². The van der Waals surface area contributed by atoms with Crippen LogP contribution < -0.4 is 10.6 Å². The third kappa shape index (κ3) is 5.87. The second-order valence-electron chi connectivity index (χ2n) is 5.52. The van der Waals surface area contributed by atoms with Crippen molar-refractivity contribution in [3.63, 3.8) is 0 Å². The van der Waals surface area contributed by atoms with E-state index in [2.05, 4.69) is 29.5 Å². The Labute approximate surface area is 110 Å². The van der Waals surface area contributed by atoms with Gasteiger partial charge in [-0.05, 0) is 37.4 Å². The van der Waals surface area contributed by atoms with Gasteiger partial charge in [0.15, 0.2) is 0 Å². The zero-order valence-electron chi connectivity index (χ0n) is 11.7. The Balaban J connectivity index is 2.14. The van der Waals surface area contributed by atoms with E-state index in [1.54, 1.807) is 0 Å². The van der Waals surface area contributed by atoms with E-state index in [0.717, 1.165) is 25.9 Å². The van der Waals surface area contributed by atoms with E-state index in [4.69, 9.17) is 0 Å². The maximum atomic E-state index is 11.7. The van der Waals surface area contributed by atoms with Crippen LogP contribution in [0.5, 0.6) is 0 Å². The van der Waals surface area contributed by atoms with Gasteiger partial charge in [-0.1, -0.05) is 13.8 Å². The summed E-state index contributed by atoms with van der Waals surface area (Å²) in [6.45, 7) is 5.90. The molecule has 3 N–H and O–H groups in total. The number of amides is 1. The molecule has 1 aromatic rings. The van der Waals surface area contributed by atoms with Crippen LogP contribution in [-0.4, -0.2) is 31.0 Å². The Kier molecular flexibility index (Phi) is 5.92. The molecule has 1 heterocycles. The number of hydrogen-bond acceptors (Lipinski definition) is 2. The van der Waals surface area contributed by atoms with Crippen molar-refractivity contribution in [3.05, 3.63) is 24.0 Å². The minimum Gasteiger partial charge on any atom is -0.365 e. The fourth-order valence-electron chi connectivity index (χ4n) is 1.93. The van der Waals surface area contributed by atoms with Gasteiger partial charge in [0.2, 0.25) is 5.91 Å². The maximum absolute atomic E-state index is 11.7. The van der Waals surface area contributed by atoms with Gasteiger partial charge in [0.25, 0.3) is 0 Å². The third-order valence-electron chi connectivity index (χ3n) is 2.93. The third-order valence-corrected chi connectivity index (χ3v) is 2.93. The molecule has 0 atom stereocenters. The van der Waals surface area contributed by atoms with Gasteiger partial charge in [0, 0.05) is 31.4 Å². The fraction of sp³-hybridized carbons (Fsp3) is 0.643. The number of H-pyrrole nitrogens is 1. The van der Waals surface area contributed by atoms with E-state index in [1.807, 2.05) is 25.4 Å². The molecule has 0 saturated heterocycles. The number of hydrogen-bond donors (Lipinski definition) is 3. The molecule has 0 radical (unpaired) electrons. The molecule has 1 rings (SSSR count). The lowest BCUT2D eigenvalue weighted by molar-refractivity contribution is -0.121. The largest absolute Gasteiger partial charge is 0.365 e. The summed E-state index contributed by atoms with van der Waals surface area (Å²) in [4.78, 5) is 14.8. The lowest BCUT2D eigenvalue weighted by Crippen LogP contribution is -2.39. The second-order valence-corrected chi connectivity index (χ2v) is 5.52. The van der Waals surface area contributed by atoms with Gasteiger partial charge in [0.05, 0.1) is 0 Å². The van der Waals surface area contributed by atoms with Gasteiger partial charge in [0.1, 0.15) is 0 Å². The monoisotopic (exact) mass is 251 g/mol. The van der Waals surface area contributed by atoms with Gasteiger partial charge in [-0.25, -0.2) is 0 Å². The molecule has 0 aliphatic heterocycles. The summed E-state index contributed by atoms with van der Waals surface area (Å²) in [5, 5.41) is 6.14. The Morgan fingerprint density at radius 1 is 1.39 bits per heavy atom. The first-order valence-electron chi connectivity index (χ1n) is 6.57. The summed E-state index contributed by atoms with van der Waals surface area (Å²) < 4.78 is 0. The average Bonchev–Trinajstić information content (AvgIpc) is 2.79. The number of carbonyl (C=O) groups is 1. The highest BCUT2D eigenvalue weighted by atomic mass is 16.1. The van der Waals surface area contributed by atoms with Crippen molar-refractivity contribution >= 4 is 5.91 Å². The van der Waals surface area contributed by atoms with Crippen LogP contribution in [0.25, 0.3) is 0 Å². The van der Waals surface area contributed by atoms with Crippen molar-refractivity contribution in [1.82, 2.24) is 15.6 Å². The first-order valence-corrected chi connectivity index (χ1v) is 6.57. The smallest absolute Gasteiger partial charge is 0.220 e. The van der Waals surface area contributed by atoms with Crippen LogP contribution in [0.4, 0.5) is 0 Å². The molecule has 0 fully saturated rings. The predicted octanol–water partition coefficient (Wildman–Crippen LogP) is 1.70. The second kappa shape index (κ2) is 7.21. The van der Waals surface area contributed by atoms with Crippen molar-refractivity contribution in [2.45, 2.75) is 33.1 Å². The highest BCUT2D eigenvalue weighted by molar-refractivity contribution is 5.75. The SMILES string of the molecule is CNCC(C)(C)CNC(=O)CCCc1ccc[nH]1. The summed E-state index contributed by atoms with van der Waals surface area (Å²) in [6.07, 6.45) is 4.32. The molecule has 0 aromatic carbocycles. The Bertz CT molecular complexity index is 344. The van der Waals surface area contributed by atoms with Crippen molar-refractivity contribution in [3.8, 4) is 0 Å². The molecule has 18 heavy (non-hydrogen) atoms. The highest BCUT2D eigenvalue weighted by Gasteiger charge is 2.17. The molecule has 0 spiro atoms. The van der Waals surface area contributed by atoms with Crippen LogP contribution >= 0.6 is 0 Å². The highest BCUT2D eigenvalue weighted by Crippen LogP contribution is 2.11. The topological polar surface area (TPSA) is 56.9 Å². The Hall–Kier alpha value is -1.29. The molecular formula is C14H25N3O. The minimum absolute atomic E-state index is 0.101. The lowest BCUT2D eigenvalue weighted by atomic mass is 9.93. The number of rotatable bonds is 8. The summed E-state index contributed by atoms with van der Waals surface area (Å²) in [6, 6.07) is 4.03. The van der Waals surface area contributed by atoms with E-state index >= 15 is 0 Å². The Morgan fingerprint density at radius 2 is 2.17 bits per heavy atom. The van der Waals surface area contributed by atoms with Crippen LogP contribution in [0.3, 0.4) is 0 Å². The van der Waals surface area contributed by atoms with Crippen molar-refractivity contribution in [2.24, 2.45) is 5.41 Å². The molecule has 1 aromatic heterocycles. The normalized spacial score (nSPS) is 11.5. The first-order chi connectivity index (χ1) is 8.53. The molecule has 4 nitrogen and oxygen atoms in total. The van der Waals surface area contributed by atoms with Gasteiger partial charge in [-0.15, -0.1) is 0 Å². The molecule has 102 valence electrons. The van der Waals surface area contributed by atoms with Crippen LogP contribution in [0, 0.1) is 5.41 Å². The van der Waals surface area contributed by atoms with Crippen LogP contribution in [0.2, 0.25) is 0 Å². The number of nitrogens with one attached hydrogen (secondary N) is 3.